The van der Waals surface area contributed by atoms with Crippen molar-refractivity contribution in [2.24, 2.45) is 0 Å². The summed E-state index contributed by atoms with van der Waals surface area (Å²) in [5, 5.41) is 0. The molecule has 1 heteroatoms. The molecule has 0 nitrogen and oxygen atoms in total. The zero-order valence-electron chi connectivity index (χ0n) is 13.1. The van der Waals surface area contributed by atoms with Gasteiger partial charge in [0, 0.05) is 0 Å². The van der Waals surface area contributed by atoms with Crippen LogP contribution >= 0.6 is 0 Å². The summed E-state index contributed by atoms with van der Waals surface area (Å²) in [6.07, 6.45) is 22.2. The van der Waals surface area contributed by atoms with Gasteiger partial charge in [0.05, 0.1) is 0 Å². The van der Waals surface area contributed by atoms with Gasteiger partial charge in [0.15, 0.2) is 0 Å². The molecule has 0 aromatic heterocycles. The third kappa shape index (κ3) is 7.71. The molecule has 2 rings (SSSR count). The molecule has 0 N–H and O–H groups in total. The number of allylic oxidation sites excluding steroid dienone is 8. The minimum Gasteiger partial charge on any atom is -1.00 e. The monoisotopic (exact) mass is 306 g/mol. The van der Waals surface area contributed by atoms with E-state index in [0.717, 1.165) is 12.8 Å². The molecule has 17 heavy (non-hydrogen) atoms. The van der Waals surface area contributed by atoms with Gasteiger partial charge in [-0.15, -0.1) is 12.8 Å². The van der Waals surface area contributed by atoms with Crippen molar-refractivity contribution in [1.82, 2.24) is 0 Å². The molecule has 0 spiro atoms. The smallest absolute Gasteiger partial charge is 1.00 e. The molecule has 0 atom stereocenters. The molecule has 2 aliphatic rings. The van der Waals surface area contributed by atoms with Crippen LogP contribution < -0.4 is 0 Å². The van der Waals surface area contributed by atoms with Crippen LogP contribution in [0.3, 0.4) is 0 Å². The Hall–Kier alpha value is -0.157. The molecular formula is C16H24Zr-2. The van der Waals surface area contributed by atoms with E-state index in [1.54, 1.807) is 0 Å². The van der Waals surface area contributed by atoms with Crippen LogP contribution in [0.4, 0.5) is 0 Å². The van der Waals surface area contributed by atoms with Gasteiger partial charge >= 0.3 is 26.2 Å². The Bertz CT molecular complexity index is 283. The second-order valence-corrected chi connectivity index (χ2v) is 4.12. The Kier molecular flexibility index (Phi) is 10.9. The first-order valence-corrected chi connectivity index (χ1v) is 6.39. The van der Waals surface area contributed by atoms with E-state index >= 15 is 0 Å². The van der Waals surface area contributed by atoms with Gasteiger partial charge in [-0.1, -0.05) is 39.5 Å². The Morgan fingerprint density at radius 1 is 0.941 bits per heavy atom. The van der Waals surface area contributed by atoms with Gasteiger partial charge in [-0.2, -0.15) is 12.2 Å². The van der Waals surface area contributed by atoms with Crippen molar-refractivity contribution in [3.63, 3.8) is 0 Å². The van der Waals surface area contributed by atoms with Crippen molar-refractivity contribution >= 4 is 0 Å². The van der Waals surface area contributed by atoms with Crippen LogP contribution in [0.5, 0.6) is 0 Å². The second kappa shape index (κ2) is 11.0. The van der Waals surface area contributed by atoms with E-state index in [1.165, 1.54) is 36.8 Å². The first-order valence-electron chi connectivity index (χ1n) is 6.39. The van der Waals surface area contributed by atoms with Crippen molar-refractivity contribution in [3.8, 4) is 0 Å². The number of hydrogen-bond donors (Lipinski definition) is 0. The van der Waals surface area contributed by atoms with E-state index < -0.39 is 0 Å². The van der Waals surface area contributed by atoms with E-state index in [4.69, 9.17) is 0 Å². The van der Waals surface area contributed by atoms with Crippen LogP contribution in [0.2, 0.25) is 0 Å². The van der Waals surface area contributed by atoms with Crippen LogP contribution in [0.25, 0.3) is 0 Å². The average Bonchev–Trinajstić information content (AvgIpc) is 2.92. The summed E-state index contributed by atoms with van der Waals surface area (Å²) < 4.78 is 0. The third-order valence-corrected chi connectivity index (χ3v) is 2.57. The van der Waals surface area contributed by atoms with Crippen molar-refractivity contribution in [1.29, 1.82) is 0 Å². The Morgan fingerprint density at radius 2 is 1.35 bits per heavy atom. The summed E-state index contributed by atoms with van der Waals surface area (Å²) in [7, 11) is 0. The fraction of sp³-hybridized carbons (Fsp3) is 0.500. The first kappa shape index (κ1) is 16.8. The fourth-order valence-electron chi connectivity index (χ4n) is 1.78. The summed E-state index contributed by atoms with van der Waals surface area (Å²) >= 11 is 0. The zero-order chi connectivity index (χ0) is 11.6. The van der Waals surface area contributed by atoms with Gasteiger partial charge < -0.3 is 2.85 Å². The standard InChI is InChI=1S/2C8H11.Zr.2H/c2*1-2-5-8-6-3-4-7-8;;;/h2*3,6H,2,4-5H2,1H3;;;/q2*-1;+2;2*-1. The first-order chi connectivity index (χ1) is 7.86. The summed E-state index contributed by atoms with van der Waals surface area (Å²) in [6.45, 7) is 4.39. The molecule has 0 unspecified atom stereocenters. The molecule has 2 aliphatic carbocycles. The molecule has 0 aromatic rings. The minimum atomic E-state index is 0. The Morgan fingerprint density at radius 3 is 1.59 bits per heavy atom. The van der Waals surface area contributed by atoms with Crippen molar-refractivity contribution in [2.75, 3.05) is 0 Å². The van der Waals surface area contributed by atoms with Crippen LogP contribution in [0.15, 0.2) is 35.5 Å². The van der Waals surface area contributed by atoms with Gasteiger partial charge in [0.1, 0.15) is 0 Å². The molecule has 0 fully saturated rings. The van der Waals surface area contributed by atoms with Crippen LogP contribution in [0.1, 0.15) is 55.2 Å². The molecule has 0 amide bonds. The Balaban J connectivity index is -0.000000233. The number of rotatable bonds is 4. The topological polar surface area (TPSA) is 0 Å². The average molecular weight is 308 g/mol. The predicted octanol–water partition coefficient (Wildman–Crippen LogP) is 5.17. The fourth-order valence-corrected chi connectivity index (χ4v) is 1.78. The van der Waals surface area contributed by atoms with E-state index in [0.29, 0.717) is 0 Å². The second-order valence-electron chi connectivity index (χ2n) is 4.12. The maximum absolute atomic E-state index is 3.26. The molecule has 0 heterocycles. The van der Waals surface area contributed by atoms with E-state index in [1.807, 2.05) is 0 Å². The van der Waals surface area contributed by atoms with Crippen molar-refractivity contribution in [2.45, 2.75) is 52.4 Å². The van der Waals surface area contributed by atoms with E-state index in [2.05, 4.69) is 50.3 Å². The van der Waals surface area contributed by atoms with Crippen molar-refractivity contribution < 1.29 is 29.1 Å². The molecule has 0 bridgehead atoms. The molecule has 0 aliphatic heterocycles. The van der Waals surface area contributed by atoms with Gasteiger partial charge in [-0.05, 0) is 0 Å². The summed E-state index contributed by atoms with van der Waals surface area (Å²) in [6, 6.07) is 0. The van der Waals surface area contributed by atoms with Gasteiger partial charge in [-0.25, -0.2) is 23.3 Å². The molecule has 0 radical (unpaired) electrons. The molecule has 0 saturated heterocycles. The number of hydrogen-bond acceptors (Lipinski definition) is 0. The quantitative estimate of drug-likeness (QED) is 0.628. The predicted molar refractivity (Wildman–Crippen MR) is 73.1 cm³/mol. The summed E-state index contributed by atoms with van der Waals surface area (Å²) in [5.41, 5.74) is 2.79. The third-order valence-electron chi connectivity index (χ3n) is 2.57. The van der Waals surface area contributed by atoms with E-state index in [9.17, 15) is 0 Å². The van der Waals surface area contributed by atoms with Gasteiger partial charge in [0.2, 0.25) is 0 Å². The van der Waals surface area contributed by atoms with Crippen molar-refractivity contribution in [3.05, 3.63) is 47.6 Å². The molecule has 0 aromatic carbocycles. The van der Waals surface area contributed by atoms with Crippen LogP contribution in [-0.4, -0.2) is 0 Å². The summed E-state index contributed by atoms with van der Waals surface area (Å²) in [4.78, 5) is 0. The largest absolute Gasteiger partial charge is 2.00 e. The van der Waals surface area contributed by atoms with Crippen LogP contribution in [-0.2, 0) is 26.2 Å². The molecule has 94 valence electrons. The maximum Gasteiger partial charge on any atom is 2.00 e. The van der Waals surface area contributed by atoms with Crippen LogP contribution in [0, 0.1) is 12.2 Å². The zero-order valence-corrected chi connectivity index (χ0v) is 13.5. The SMILES string of the molecule is CCCC1=[C-]CC=C1.CCCC1=[C-]CC=C1.[H-].[H-].[Zr+2]. The Labute approximate surface area is 129 Å². The molecular weight excluding hydrogens is 283 g/mol. The van der Waals surface area contributed by atoms with Gasteiger partial charge in [-0.3, -0.25) is 12.2 Å². The maximum atomic E-state index is 3.26. The normalized spacial score (nSPS) is 15.9. The minimum absolute atomic E-state index is 0. The van der Waals surface area contributed by atoms with Gasteiger partial charge in [0.25, 0.3) is 0 Å². The van der Waals surface area contributed by atoms with E-state index in [-0.39, 0.29) is 29.1 Å². The molecule has 0 saturated carbocycles. The summed E-state index contributed by atoms with van der Waals surface area (Å²) in [5.74, 6) is 0.